The predicted molar refractivity (Wildman–Crippen MR) is 51.5 cm³/mol. The van der Waals surface area contributed by atoms with Crippen LogP contribution in [0.1, 0.15) is 6.42 Å². The number of amidine groups is 1. The number of amides is 3. The second kappa shape index (κ2) is 3.91. The van der Waals surface area contributed by atoms with Crippen molar-refractivity contribution in [3.05, 3.63) is 12.7 Å². The van der Waals surface area contributed by atoms with Crippen molar-refractivity contribution in [2.75, 3.05) is 6.54 Å². The van der Waals surface area contributed by atoms with Crippen LogP contribution in [-0.4, -0.2) is 35.3 Å². The Morgan fingerprint density at radius 1 is 1.71 bits per heavy atom. The highest BCUT2D eigenvalue weighted by Crippen LogP contribution is 2.13. The van der Waals surface area contributed by atoms with Crippen LogP contribution in [0.2, 0.25) is 0 Å². The summed E-state index contributed by atoms with van der Waals surface area (Å²) in [6.07, 6.45) is 1.54. The van der Waals surface area contributed by atoms with E-state index in [1.165, 1.54) is 4.90 Å². The number of hydrogen-bond donors (Lipinski definition) is 2. The molecule has 1 atom stereocenters. The van der Waals surface area contributed by atoms with Gasteiger partial charge in [0.15, 0.2) is 0 Å². The molecule has 1 aliphatic heterocycles. The number of nitrogens with zero attached hydrogens (tertiary/aromatic N) is 2. The number of carbonyl (C=O) groups excluding carboxylic acids is 2. The maximum atomic E-state index is 11.2. The molecule has 0 bridgehead atoms. The lowest BCUT2D eigenvalue weighted by molar-refractivity contribution is -0.118. The Hall–Kier alpha value is -1.85. The van der Waals surface area contributed by atoms with Crippen molar-refractivity contribution in [3.8, 4) is 0 Å². The molecule has 76 valence electrons. The summed E-state index contributed by atoms with van der Waals surface area (Å²) in [5, 5.41) is 0. The van der Waals surface area contributed by atoms with Gasteiger partial charge in [0.1, 0.15) is 11.9 Å². The zero-order valence-corrected chi connectivity index (χ0v) is 7.64. The highest BCUT2D eigenvalue weighted by Gasteiger charge is 2.33. The average molecular weight is 196 g/mol. The first-order valence-corrected chi connectivity index (χ1v) is 4.10. The van der Waals surface area contributed by atoms with Crippen LogP contribution in [0.3, 0.4) is 0 Å². The molecule has 4 N–H and O–H groups in total. The first kappa shape index (κ1) is 10.2. The molecular formula is C8H12N4O2. The Morgan fingerprint density at radius 3 is 2.86 bits per heavy atom. The maximum Gasteiger partial charge on any atom is 0.346 e. The normalized spacial score (nSPS) is 20.9. The van der Waals surface area contributed by atoms with Crippen molar-refractivity contribution in [2.45, 2.75) is 12.5 Å². The van der Waals surface area contributed by atoms with Gasteiger partial charge in [0.2, 0.25) is 5.91 Å². The topological polar surface area (TPSA) is 102 Å². The lowest BCUT2D eigenvalue weighted by atomic mass is 10.1. The van der Waals surface area contributed by atoms with E-state index in [0.717, 1.165) is 0 Å². The van der Waals surface area contributed by atoms with Crippen molar-refractivity contribution >= 4 is 17.8 Å². The molecule has 6 heteroatoms. The predicted octanol–water partition coefficient (Wildman–Crippen LogP) is -0.791. The van der Waals surface area contributed by atoms with Crippen LogP contribution in [0.4, 0.5) is 4.79 Å². The van der Waals surface area contributed by atoms with E-state index in [2.05, 4.69) is 11.6 Å². The molecule has 1 aliphatic rings. The second-order valence-electron chi connectivity index (χ2n) is 2.95. The maximum absolute atomic E-state index is 11.2. The fraction of sp³-hybridized carbons (Fsp3) is 0.375. The molecule has 0 radical (unpaired) electrons. The van der Waals surface area contributed by atoms with E-state index in [4.69, 9.17) is 11.5 Å². The monoisotopic (exact) mass is 196 g/mol. The van der Waals surface area contributed by atoms with Gasteiger partial charge in [0, 0.05) is 6.54 Å². The number of primary amides is 1. The Morgan fingerprint density at radius 2 is 2.36 bits per heavy atom. The molecule has 1 rings (SSSR count). The minimum Gasteiger partial charge on any atom is -0.385 e. The Balaban J connectivity index is 2.78. The van der Waals surface area contributed by atoms with Crippen LogP contribution in [0.5, 0.6) is 0 Å². The Labute approximate surface area is 81.3 Å². The van der Waals surface area contributed by atoms with Gasteiger partial charge < -0.3 is 16.4 Å². The molecule has 14 heavy (non-hydrogen) atoms. The van der Waals surface area contributed by atoms with Crippen LogP contribution < -0.4 is 11.5 Å². The van der Waals surface area contributed by atoms with Crippen molar-refractivity contribution in [3.63, 3.8) is 0 Å². The Bertz CT molecular complexity index is 310. The molecule has 3 amide bonds. The van der Waals surface area contributed by atoms with Gasteiger partial charge in [-0.05, 0) is 0 Å². The van der Waals surface area contributed by atoms with Crippen molar-refractivity contribution in [2.24, 2.45) is 16.5 Å². The third kappa shape index (κ3) is 1.90. The molecule has 0 aliphatic carbocycles. The fourth-order valence-electron chi connectivity index (χ4n) is 1.29. The second-order valence-corrected chi connectivity index (χ2v) is 2.95. The molecule has 0 aromatic heterocycles. The van der Waals surface area contributed by atoms with Gasteiger partial charge in [-0.1, -0.05) is 6.08 Å². The lowest BCUT2D eigenvalue weighted by Gasteiger charge is -2.21. The molecule has 0 aromatic carbocycles. The van der Waals surface area contributed by atoms with Gasteiger partial charge in [-0.15, -0.1) is 6.58 Å². The minimum absolute atomic E-state index is 0.00505. The fourth-order valence-corrected chi connectivity index (χ4v) is 1.29. The number of rotatable bonds is 4. The van der Waals surface area contributed by atoms with Gasteiger partial charge in [-0.3, -0.25) is 4.79 Å². The molecule has 0 spiro atoms. The molecule has 0 fully saturated rings. The quantitative estimate of drug-likeness (QED) is 0.576. The lowest BCUT2D eigenvalue weighted by Crippen LogP contribution is -2.43. The highest BCUT2D eigenvalue weighted by atomic mass is 16.2. The summed E-state index contributed by atoms with van der Waals surface area (Å²) in [6, 6.07) is -0.966. The number of urea groups is 1. The van der Waals surface area contributed by atoms with Gasteiger partial charge in [0.05, 0.1) is 6.42 Å². The van der Waals surface area contributed by atoms with Gasteiger partial charge in [-0.2, -0.15) is 4.99 Å². The summed E-state index contributed by atoms with van der Waals surface area (Å²) in [5.74, 6) is -0.382. The largest absolute Gasteiger partial charge is 0.385 e. The van der Waals surface area contributed by atoms with Crippen molar-refractivity contribution in [1.82, 2.24) is 4.90 Å². The summed E-state index contributed by atoms with van der Waals surface area (Å²) in [4.78, 5) is 26.8. The van der Waals surface area contributed by atoms with Gasteiger partial charge >= 0.3 is 6.03 Å². The standard InChI is InChI=1S/C8H12N4O2/c1-2-3-12-5(4-6(9)13)7(10)11-8(12)14/h2,5H,1,3-4H2,(H2,9,13)(H2,10,11,14). The molecule has 0 saturated carbocycles. The van der Waals surface area contributed by atoms with E-state index in [-0.39, 0.29) is 12.3 Å². The van der Waals surface area contributed by atoms with Crippen LogP contribution in [0.15, 0.2) is 17.6 Å². The van der Waals surface area contributed by atoms with Crippen LogP contribution in [0, 0.1) is 0 Å². The first-order valence-electron chi connectivity index (χ1n) is 4.10. The molecule has 0 aromatic rings. The molecule has 0 saturated heterocycles. The molecule has 1 unspecified atom stereocenters. The van der Waals surface area contributed by atoms with E-state index in [0.29, 0.717) is 6.54 Å². The third-order valence-electron chi connectivity index (χ3n) is 1.91. The minimum atomic E-state index is -0.517. The highest BCUT2D eigenvalue weighted by molar-refractivity contribution is 6.04. The van der Waals surface area contributed by atoms with Crippen molar-refractivity contribution in [1.29, 1.82) is 0 Å². The molecule has 1 heterocycles. The van der Waals surface area contributed by atoms with Crippen LogP contribution in [-0.2, 0) is 4.79 Å². The number of hydrogen-bond acceptors (Lipinski definition) is 3. The van der Waals surface area contributed by atoms with Crippen molar-refractivity contribution < 1.29 is 9.59 Å². The van der Waals surface area contributed by atoms with Crippen LogP contribution >= 0.6 is 0 Å². The third-order valence-corrected chi connectivity index (χ3v) is 1.91. The van der Waals surface area contributed by atoms with E-state index in [1.807, 2.05) is 0 Å². The van der Waals surface area contributed by atoms with E-state index >= 15 is 0 Å². The summed E-state index contributed by atoms with van der Waals surface area (Å²) in [5.41, 5.74) is 10.5. The van der Waals surface area contributed by atoms with E-state index in [1.54, 1.807) is 6.08 Å². The summed E-state index contributed by atoms with van der Waals surface area (Å²) < 4.78 is 0. The Kier molecular flexibility index (Phi) is 2.85. The number of nitrogens with two attached hydrogens (primary N) is 2. The zero-order chi connectivity index (χ0) is 10.7. The van der Waals surface area contributed by atoms with Gasteiger partial charge in [0.25, 0.3) is 0 Å². The zero-order valence-electron chi connectivity index (χ0n) is 7.64. The summed E-state index contributed by atoms with van der Waals surface area (Å²) >= 11 is 0. The van der Waals surface area contributed by atoms with E-state index in [9.17, 15) is 9.59 Å². The van der Waals surface area contributed by atoms with Crippen LogP contribution in [0.25, 0.3) is 0 Å². The average Bonchev–Trinajstić information content (AvgIpc) is 2.31. The molecule has 6 nitrogen and oxygen atoms in total. The summed E-state index contributed by atoms with van der Waals surface area (Å²) in [6.45, 7) is 3.80. The summed E-state index contributed by atoms with van der Waals surface area (Å²) in [7, 11) is 0. The first-order chi connectivity index (χ1) is 6.56. The SMILES string of the molecule is C=CCN1C(=O)N=C(N)C1CC(N)=O. The number of aliphatic imine (C=N–C) groups is 1. The van der Waals surface area contributed by atoms with Gasteiger partial charge in [-0.25, -0.2) is 4.79 Å². The molecular weight excluding hydrogens is 184 g/mol. The smallest absolute Gasteiger partial charge is 0.346 e. The number of carbonyl (C=O) groups is 2. The van der Waals surface area contributed by atoms with E-state index < -0.39 is 18.0 Å².